The standard InChI is InChI=1S/C32H37ClFN3O4S/c1-42(40,41)37(29-14-7-11-26(33)22-29)20-8-15-31(38)36(23-25-16-18-27(34)19-17-25)30(21-24-9-3-2-4-10-24)32(39)35-28-12-5-6-13-28/h2-4,7,9-11,14,16-19,22,28,30H,5-6,8,12-13,15,20-21,23H2,1H3,(H,35,39)/t30-/m0/s1. The summed E-state index contributed by atoms with van der Waals surface area (Å²) in [6, 6.07) is 21.2. The summed E-state index contributed by atoms with van der Waals surface area (Å²) in [5.74, 6) is -0.905. The van der Waals surface area contributed by atoms with Crippen LogP contribution in [0.15, 0.2) is 78.9 Å². The number of anilines is 1. The van der Waals surface area contributed by atoms with Gasteiger partial charge in [0.15, 0.2) is 0 Å². The lowest BCUT2D eigenvalue weighted by molar-refractivity contribution is -0.141. The van der Waals surface area contributed by atoms with Gasteiger partial charge in [-0.05, 0) is 60.7 Å². The third-order valence-corrected chi connectivity index (χ3v) is 8.92. The van der Waals surface area contributed by atoms with Crippen LogP contribution < -0.4 is 9.62 Å². The lowest BCUT2D eigenvalue weighted by atomic mass is 10.0. The summed E-state index contributed by atoms with van der Waals surface area (Å²) in [5, 5.41) is 3.56. The second kappa shape index (κ2) is 14.6. The molecule has 224 valence electrons. The Morgan fingerprint density at radius 1 is 0.976 bits per heavy atom. The number of benzene rings is 3. The molecular weight excluding hydrogens is 577 g/mol. The van der Waals surface area contributed by atoms with Crippen LogP contribution >= 0.6 is 11.6 Å². The van der Waals surface area contributed by atoms with Crippen LogP contribution in [-0.4, -0.2) is 50.0 Å². The number of carbonyl (C=O) groups is 2. The summed E-state index contributed by atoms with van der Waals surface area (Å²) < 4.78 is 40.1. The molecule has 3 aromatic carbocycles. The number of nitrogens with one attached hydrogen (secondary N) is 1. The van der Waals surface area contributed by atoms with E-state index in [0.717, 1.165) is 37.5 Å². The Hall–Kier alpha value is -3.43. The van der Waals surface area contributed by atoms with Crippen LogP contribution in [0.4, 0.5) is 10.1 Å². The van der Waals surface area contributed by atoms with Crippen LogP contribution in [0.5, 0.6) is 0 Å². The van der Waals surface area contributed by atoms with Crippen LogP contribution in [0, 0.1) is 5.82 Å². The Kier molecular flexibility index (Phi) is 11.0. The zero-order chi connectivity index (χ0) is 30.1. The molecule has 0 bridgehead atoms. The summed E-state index contributed by atoms with van der Waals surface area (Å²) in [5.41, 5.74) is 2.01. The summed E-state index contributed by atoms with van der Waals surface area (Å²) in [7, 11) is -3.64. The molecule has 1 N–H and O–H groups in total. The van der Waals surface area contributed by atoms with Crippen LogP contribution in [0.3, 0.4) is 0 Å². The summed E-state index contributed by atoms with van der Waals surface area (Å²) in [6.45, 7) is 0.172. The molecule has 0 aliphatic heterocycles. The summed E-state index contributed by atoms with van der Waals surface area (Å²) in [4.78, 5) is 29.2. The van der Waals surface area contributed by atoms with Crippen molar-refractivity contribution in [3.8, 4) is 0 Å². The average Bonchev–Trinajstić information content (AvgIpc) is 3.47. The van der Waals surface area contributed by atoms with E-state index < -0.39 is 21.9 Å². The van der Waals surface area contributed by atoms with Crippen molar-refractivity contribution in [2.75, 3.05) is 17.1 Å². The van der Waals surface area contributed by atoms with Crippen molar-refractivity contribution in [3.05, 3.63) is 101 Å². The Bertz CT molecular complexity index is 1450. The topological polar surface area (TPSA) is 86.8 Å². The van der Waals surface area contributed by atoms with Gasteiger partial charge in [-0.2, -0.15) is 0 Å². The molecule has 1 saturated carbocycles. The highest BCUT2D eigenvalue weighted by Crippen LogP contribution is 2.24. The predicted octanol–water partition coefficient (Wildman–Crippen LogP) is 5.72. The third-order valence-electron chi connectivity index (χ3n) is 7.49. The fourth-order valence-electron chi connectivity index (χ4n) is 5.34. The van der Waals surface area contributed by atoms with Crippen molar-refractivity contribution in [2.24, 2.45) is 0 Å². The maximum Gasteiger partial charge on any atom is 0.243 e. The molecule has 1 aliphatic carbocycles. The van der Waals surface area contributed by atoms with Gasteiger partial charge in [0.1, 0.15) is 11.9 Å². The highest BCUT2D eigenvalue weighted by atomic mass is 35.5. The second-order valence-corrected chi connectivity index (χ2v) is 13.1. The molecule has 4 rings (SSSR count). The monoisotopic (exact) mass is 613 g/mol. The minimum Gasteiger partial charge on any atom is -0.352 e. The van der Waals surface area contributed by atoms with E-state index in [2.05, 4.69) is 5.32 Å². The SMILES string of the molecule is CS(=O)(=O)N(CCCC(=O)N(Cc1ccc(F)cc1)[C@@H](Cc1ccccc1)C(=O)NC1CCCC1)c1cccc(Cl)c1. The van der Waals surface area contributed by atoms with E-state index in [1.54, 1.807) is 41.3 Å². The number of amides is 2. The van der Waals surface area contributed by atoms with Crippen molar-refractivity contribution >= 4 is 39.1 Å². The minimum atomic E-state index is -3.64. The first-order valence-electron chi connectivity index (χ1n) is 14.2. The molecule has 0 spiro atoms. The molecule has 42 heavy (non-hydrogen) atoms. The highest BCUT2D eigenvalue weighted by molar-refractivity contribution is 7.92. The van der Waals surface area contributed by atoms with Gasteiger partial charge in [-0.1, -0.05) is 73.0 Å². The quantitative estimate of drug-likeness (QED) is 0.267. The van der Waals surface area contributed by atoms with Crippen molar-refractivity contribution in [3.63, 3.8) is 0 Å². The highest BCUT2D eigenvalue weighted by Gasteiger charge is 2.32. The normalized spacial score (nSPS) is 14.4. The van der Waals surface area contributed by atoms with Gasteiger partial charge in [-0.3, -0.25) is 13.9 Å². The first-order valence-corrected chi connectivity index (χ1v) is 16.4. The van der Waals surface area contributed by atoms with Gasteiger partial charge < -0.3 is 10.2 Å². The molecule has 0 aromatic heterocycles. The Morgan fingerprint density at radius 2 is 1.67 bits per heavy atom. The van der Waals surface area contributed by atoms with Gasteiger partial charge in [0.25, 0.3) is 0 Å². The van der Waals surface area contributed by atoms with Crippen molar-refractivity contribution in [2.45, 2.75) is 63.6 Å². The van der Waals surface area contributed by atoms with E-state index in [0.29, 0.717) is 22.7 Å². The zero-order valence-electron chi connectivity index (χ0n) is 23.7. The van der Waals surface area contributed by atoms with Crippen molar-refractivity contribution in [1.82, 2.24) is 10.2 Å². The first kappa shape index (κ1) is 31.5. The smallest absolute Gasteiger partial charge is 0.243 e. The number of hydrogen-bond acceptors (Lipinski definition) is 4. The molecule has 10 heteroatoms. The molecule has 0 saturated heterocycles. The van der Waals surface area contributed by atoms with Crippen LogP contribution in [0.2, 0.25) is 5.02 Å². The van der Waals surface area contributed by atoms with E-state index in [1.807, 2.05) is 30.3 Å². The fourth-order valence-corrected chi connectivity index (χ4v) is 6.48. The molecule has 7 nitrogen and oxygen atoms in total. The molecule has 2 amide bonds. The van der Waals surface area contributed by atoms with Gasteiger partial charge in [-0.15, -0.1) is 0 Å². The maximum atomic E-state index is 13.9. The lowest BCUT2D eigenvalue weighted by Crippen LogP contribution is -2.52. The molecule has 1 atom stereocenters. The molecule has 0 unspecified atom stereocenters. The van der Waals surface area contributed by atoms with Crippen molar-refractivity contribution < 1.29 is 22.4 Å². The predicted molar refractivity (Wildman–Crippen MR) is 164 cm³/mol. The number of halogens is 2. The van der Waals surface area contributed by atoms with Gasteiger partial charge in [-0.25, -0.2) is 12.8 Å². The Morgan fingerprint density at radius 3 is 2.31 bits per heavy atom. The van der Waals surface area contributed by atoms with Crippen LogP contribution in [-0.2, 0) is 32.6 Å². The first-order chi connectivity index (χ1) is 20.1. The Balaban J connectivity index is 1.58. The van der Waals surface area contributed by atoms with Crippen molar-refractivity contribution in [1.29, 1.82) is 0 Å². The minimum absolute atomic E-state index is 0.00970. The zero-order valence-corrected chi connectivity index (χ0v) is 25.3. The molecule has 0 heterocycles. The van der Waals surface area contributed by atoms with E-state index in [1.165, 1.54) is 16.4 Å². The number of sulfonamides is 1. The summed E-state index contributed by atoms with van der Waals surface area (Å²) in [6.07, 6.45) is 5.56. The molecule has 1 aliphatic rings. The van der Waals surface area contributed by atoms with E-state index in [9.17, 15) is 22.4 Å². The molecule has 3 aromatic rings. The van der Waals surface area contributed by atoms with Gasteiger partial charge in [0, 0.05) is 37.0 Å². The fraction of sp³-hybridized carbons (Fsp3) is 0.375. The van der Waals surface area contributed by atoms with Gasteiger partial charge >= 0.3 is 0 Å². The average molecular weight is 614 g/mol. The molecular formula is C32H37ClFN3O4S. The molecule has 0 radical (unpaired) electrons. The number of nitrogens with zero attached hydrogens (tertiary/aromatic N) is 2. The summed E-state index contributed by atoms with van der Waals surface area (Å²) >= 11 is 6.10. The largest absolute Gasteiger partial charge is 0.352 e. The van der Waals surface area contributed by atoms with Crippen LogP contribution in [0.25, 0.3) is 0 Å². The number of carbonyl (C=O) groups excluding carboxylic acids is 2. The van der Waals surface area contributed by atoms with E-state index in [4.69, 9.17) is 11.6 Å². The van der Waals surface area contributed by atoms with Gasteiger partial charge in [0.05, 0.1) is 11.9 Å². The number of rotatable bonds is 13. The third kappa shape index (κ3) is 9.03. The Labute approximate surface area is 252 Å². The van der Waals surface area contributed by atoms with E-state index in [-0.39, 0.29) is 43.8 Å². The van der Waals surface area contributed by atoms with Gasteiger partial charge in [0.2, 0.25) is 21.8 Å². The second-order valence-electron chi connectivity index (χ2n) is 10.8. The van der Waals surface area contributed by atoms with Crippen LogP contribution in [0.1, 0.15) is 49.7 Å². The number of hydrogen-bond donors (Lipinski definition) is 1. The maximum absolute atomic E-state index is 13.9. The molecule has 1 fully saturated rings. The lowest BCUT2D eigenvalue weighted by Gasteiger charge is -2.33. The van der Waals surface area contributed by atoms with E-state index >= 15 is 0 Å².